The zero-order valence-corrected chi connectivity index (χ0v) is 10.7. The molecule has 1 aliphatic heterocycles. The van der Waals surface area contributed by atoms with Gasteiger partial charge in [-0.2, -0.15) is 0 Å². The van der Waals surface area contributed by atoms with Crippen LogP contribution in [0.25, 0.3) is 0 Å². The van der Waals surface area contributed by atoms with Crippen molar-refractivity contribution in [1.29, 1.82) is 0 Å². The quantitative estimate of drug-likeness (QED) is 0.760. The van der Waals surface area contributed by atoms with Gasteiger partial charge in [-0.25, -0.2) is 0 Å². The first-order valence-corrected chi connectivity index (χ1v) is 6.20. The second-order valence-electron chi connectivity index (χ2n) is 5.18. The van der Waals surface area contributed by atoms with Gasteiger partial charge in [-0.3, -0.25) is 4.98 Å². The summed E-state index contributed by atoms with van der Waals surface area (Å²) in [6.07, 6.45) is 1.01. The largest absolute Gasteiger partial charge is 0.375 e. The summed E-state index contributed by atoms with van der Waals surface area (Å²) in [5, 5.41) is 0. The summed E-state index contributed by atoms with van der Waals surface area (Å²) in [6.45, 7) is 10.4. The molecule has 0 fully saturated rings. The molecule has 2 heterocycles. The minimum atomic E-state index is 0.490. The van der Waals surface area contributed by atoms with Gasteiger partial charge in [0, 0.05) is 5.69 Å². The molecule has 0 aromatic carbocycles. The van der Waals surface area contributed by atoms with Gasteiger partial charge < -0.3 is 4.74 Å². The van der Waals surface area contributed by atoms with Crippen molar-refractivity contribution in [2.45, 2.75) is 52.6 Å². The fourth-order valence-electron chi connectivity index (χ4n) is 2.24. The maximum Gasteiger partial charge on any atom is 0.0890 e. The van der Waals surface area contributed by atoms with Gasteiger partial charge in [0.25, 0.3) is 0 Å². The van der Waals surface area contributed by atoms with Crippen LogP contribution < -0.4 is 0 Å². The van der Waals surface area contributed by atoms with Crippen LogP contribution in [0.3, 0.4) is 0 Å². The number of aromatic nitrogens is 1. The van der Waals surface area contributed by atoms with E-state index in [1.165, 1.54) is 16.8 Å². The van der Waals surface area contributed by atoms with E-state index in [2.05, 4.69) is 33.8 Å². The number of fused-ring (bicyclic) bond motifs is 1. The summed E-state index contributed by atoms with van der Waals surface area (Å²) in [4.78, 5) is 4.81. The van der Waals surface area contributed by atoms with E-state index in [4.69, 9.17) is 9.72 Å². The molecule has 1 aliphatic rings. The van der Waals surface area contributed by atoms with Crippen LogP contribution in [0.5, 0.6) is 0 Å². The third-order valence-electron chi connectivity index (χ3n) is 3.17. The summed E-state index contributed by atoms with van der Waals surface area (Å²) >= 11 is 0. The lowest BCUT2D eigenvalue weighted by molar-refractivity contribution is 0.107. The fraction of sp³-hybridized carbons (Fsp3) is 0.643. The van der Waals surface area contributed by atoms with Crippen LogP contribution in [0.4, 0.5) is 0 Å². The molecule has 16 heavy (non-hydrogen) atoms. The van der Waals surface area contributed by atoms with E-state index < -0.39 is 0 Å². The molecule has 0 amide bonds. The third-order valence-corrected chi connectivity index (χ3v) is 3.17. The topological polar surface area (TPSA) is 22.1 Å². The van der Waals surface area contributed by atoms with Gasteiger partial charge in [0.15, 0.2) is 0 Å². The van der Waals surface area contributed by atoms with Crippen molar-refractivity contribution >= 4 is 0 Å². The van der Waals surface area contributed by atoms with Crippen LogP contribution in [-0.4, -0.2) is 11.6 Å². The maximum absolute atomic E-state index is 5.47. The standard InChI is InChI=1S/C14H21NO/c1-9(2)12-7-11-5-6-16-8-13(11)15-14(12)10(3)4/h7,9-10H,5-6,8H2,1-4H3. The van der Waals surface area contributed by atoms with Crippen molar-refractivity contribution in [2.24, 2.45) is 0 Å². The molecule has 0 bridgehead atoms. The Bertz CT molecular complexity index is 346. The van der Waals surface area contributed by atoms with E-state index in [1.54, 1.807) is 0 Å². The Labute approximate surface area is 98.0 Å². The van der Waals surface area contributed by atoms with Crippen molar-refractivity contribution in [3.63, 3.8) is 0 Å². The Hall–Kier alpha value is -0.890. The van der Waals surface area contributed by atoms with Gasteiger partial charge in [-0.15, -0.1) is 0 Å². The highest BCUT2D eigenvalue weighted by Gasteiger charge is 2.18. The average molecular weight is 219 g/mol. The number of rotatable bonds is 2. The van der Waals surface area contributed by atoms with E-state index in [1.807, 2.05) is 0 Å². The molecule has 0 radical (unpaired) electrons. The van der Waals surface area contributed by atoms with E-state index >= 15 is 0 Å². The summed E-state index contributed by atoms with van der Waals surface area (Å²) in [5.41, 5.74) is 5.20. The maximum atomic E-state index is 5.47. The highest BCUT2D eigenvalue weighted by atomic mass is 16.5. The second-order valence-corrected chi connectivity index (χ2v) is 5.18. The molecule has 0 N–H and O–H groups in total. The summed E-state index contributed by atoms with van der Waals surface area (Å²) < 4.78 is 5.47. The number of nitrogens with zero attached hydrogens (tertiary/aromatic N) is 1. The highest BCUT2D eigenvalue weighted by Crippen LogP contribution is 2.28. The Morgan fingerprint density at radius 2 is 1.94 bits per heavy atom. The Morgan fingerprint density at radius 3 is 2.56 bits per heavy atom. The highest BCUT2D eigenvalue weighted by molar-refractivity contribution is 5.35. The predicted molar refractivity (Wildman–Crippen MR) is 65.8 cm³/mol. The van der Waals surface area contributed by atoms with Crippen molar-refractivity contribution in [2.75, 3.05) is 6.61 Å². The molecular formula is C14H21NO. The molecule has 0 saturated carbocycles. The van der Waals surface area contributed by atoms with Gasteiger partial charge in [-0.05, 0) is 29.4 Å². The molecule has 1 aromatic heterocycles. The molecule has 2 rings (SSSR count). The van der Waals surface area contributed by atoms with Crippen LogP contribution in [0, 0.1) is 0 Å². The Morgan fingerprint density at radius 1 is 1.19 bits per heavy atom. The van der Waals surface area contributed by atoms with Crippen molar-refractivity contribution in [1.82, 2.24) is 4.98 Å². The van der Waals surface area contributed by atoms with Gasteiger partial charge in [0.2, 0.25) is 0 Å². The van der Waals surface area contributed by atoms with E-state index in [0.29, 0.717) is 18.4 Å². The lowest BCUT2D eigenvalue weighted by Gasteiger charge is -2.22. The number of pyridine rings is 1. The van der Waals surface area contributed by atoms with Gasteiger partial charge in [-0.1, -0.05) is 33.8 Å². The van der Waals surface area contributed by atoms with E-state index in [9.17, 15) is 0 Å². The molecule has 88 valence electrons. The molecule has 1 aromatic rings. The minimum absolute atomic E-state index is 0.490. The molecule has 0 spiro atoms. The normalized spacial score (nSPS) is 15.6. The monoisotopic (exact) mass is 219 g/mol. The lowest BCUT2D eigenvalue weighted by atomic mass is 9.92. The number of hydrogen-bond acceptors (Lipinski definition) is 2. The number of ether oxygens (including phenoxy) is 1. The Balaban J connectivity index is 2.50. The van der Waals surface area contributed by atoms with E-state index in [0.717, 1.165) is 18.7 Å². The second kappa shape index (κ2) is 4.54. The third kappa shape index (κ3) is 2.12. The van der Waals surface area contributed by atoms with Gasteiger partial charge >= 0.3 is 0 Å². The molecule has 2 heteroatoms. The SMILES string of the molecule is CC(C)c1cc2c(nc1C(C)C)COCC2. The predicted octanol–water partition coefficient (Wildman–Crippen LogP) is 3.40. The molecule has 0 atom stereocenters. The molecule has 2 nitrogen and oxygen atoms in total. The Kier molecular flexibility index (Phi) is 3.29. The van der Waals surface area contributed by atoms with Crippen LogP contribution >= 0.6 is 0 Å². The van der Waals surface area contributed by atoms with Crippen molar-refractivity contribution < 1.29 is 4.74 Å². The lowest BCUT2D eigenvalue weighted by Crippen LogP contribution is -2.15. The van der Waals surface area contributed by atoms with Gasteiger partial charge in [0.05, 0.1) is 18.9 Å². The van der Waals surface area contributed by atoms with Crippen LogP contribution in [0.1, 0.15) is 62.0 Å². The number of hydrogen-bond donors (Lipinski definition) is 0. The summed E-state index contributed by atoms with van der Waals surface area (Å²) in [5.74, 6) is 1.04. The first-order valence-electron chi connectivity index (χ1n) is 6.20. The molecule has 0 unspecified atom stereocenters. The van der Waals surface area contributed by atoms with Crippen LogP contribution in [0.15, 0.2) is 6.07 Å². The average Bonchev–Trinajstić information content (AvgIpc) is 2.27. The smallest absolute Gasteiger partial charge is 0.0890 e. The zero-order valence-electron chi connectivity index (χ0n) is 10.7. The summed E-state index contributed by atoms with van der Waals surface area (Å²) in [7, 11) is 0. The van der Waals surface area contributed by atoms with Gasteiger partial charge in [0.1, 0.15) is 0 Å². The fourth-order valence-corrected chi connectivity index (χ4v) is 2.24. The van der Waals surface area contributed by atoms with E-state index in [-0.39, 0.29) is 0 Å². The first kappa shape index (κ1) is 11.6. The molecule has 0 aliphatic carbocycles. The zero-order chi connectivity index (χ0) is 11.7. The van der Waals surface area contributed by atoms with Crippen molar-refractivity contribution in [3.8, 4) is 0 Å². The summed E-state index contributed by atoms with van der Waals surface area (Å²) in [6, 6.07) is 2.35. The molecular weight excluding hydrogens is 198 g/mol. The van der Waals surface area contributed by atoms with Crippen LogP contribution in [-0.2, 0) is 17.8 Å². The first-order chi connectivity index (χ1) is 7.59. The minimum Gasteiger partial charge on any atom is -0.375 e. The van der Waals surface area contributed by atoms with Crippen LogP contribution in [0.2, 0.25) is 0 Å². The van der Waals surface area contributed by atoms with Crippen molar-refractivity contribution in [3.05, 3.63) is 28.6 Å². The molecule has 0 saturated heterocycles.